The topological polar surface area (TPSA) is 38.3 Å². The SMILES string of the molecule is O=C(N[C@H](Cc1ccccc1)c1ccccc1)[C@@H]1CCCO1. The Labute approximate surface area is 131 Å². The second kappa shape index (κ2) is 7.23. The molecule has 0 spiro atoms. The van der Waals surface area contributed by atoms with Gasteiger partial charge in [-0.2, -0.15) is 0 Å². The Hall–Kier alpha value is -2.13. The van der Waals surface area contributed by atoms with Crippen LogP contribution in [0.5, 0.6) is 0 Å². The van der Waals surface area contributed by atoms with Crippen LogP contribution in [0, 0.1) is 0 Å². The molecular formula is C19H21NO2. The smallest absolute Gasteiger partial charge is 0.249 e. The molecule has 2 aromatic carbocycles. The van der Waals surface area contributed by atoms with E-state index in [1.54, 1.807) is 0 Å². The zero-order valence-corrected chi connectivity index (χ0v) is 12.6. The summed E-state index contributed by atoms with van der Waals surface area (Å²) in [5.74, 6) is 0.00211. The van der Waals surface area contributed by atoms with Gasteiger partial charge in [0, 0.05) is 6.61 Å². The van der Waals surface area contributed by atoms with E-state index >= 15 is 0 Å². The second-order valence-corrected chi connectivity index (χ2v) is 5.66. The molecule has 2 aromatic rings. The Morgan fingerprint density at radius 1 is 1.09 bits per heavy atom. The molecule has 1 N–H and O–H groups in total. The zero-order chi connectivity index (χ0) is 15.2. The van der Waals surface area contributed by atoms with Crippen molar-refractivity contribution in [2.75, 3.05) is 6.61 Å². The van der Waals surface area contributed by atoms with Gasteiger partial charge in [0.25, 0.3) is 0 Å². The first-order valence-corrected chi connectivity index (χ1v) is 7.84. The van der Waals surface area contributed by atoms with Gasteiger partial charge in [-0.1, -0.05) is 60.7 Å². The minimum Gasteiger partial charge on any atom is -0.368 e. The van der Waals surface area contributed by atoms with Crippen LogP contribution in [0.15, 0.2) is 60.7 Å². The second-order valence-electron chi connectivity index (χ2n) is 5.66. The van der Waals surface area contributed by atoms with Crippen molar-refractivity contribution in [2.45, 2.75) is 31.4 Å². The molecule has 0 saturated carbocycles. The van der Waals surface area contributed by atoms with E-state index in [0.717, 1.165) is 24.8 Å². The average Bonchev–Trinajstić information content (AvgIpc) is 3.11. The summed E-state index contributed by atoms with van der Waals surface area (Å²) in [6, 6.07) is 20.3. The Kier molecular flexibility index (Phi) is 4.86. The maximum atomic E-state index is 12.4. The van der Waals surface area contributed by atoms with E-state index in [1.165, 1.54) is 5.56 Å². The van der Waals surface area contributed by atoms with E-state index in [4.69, 9.17) is 4.74 Å². The summed E-state index contributed by atoms with van der Waals surface area (Å²) in [6.45, 7) is 0.687. The number of nitrogens with one attached hydrogen (secondary N) is 1. The minimum absolute atomic E-state index is 0.00211. The van der Waals surface area contributed by atoms with Crippen molar-refractivity contribution in [3.05, 3.63) is 71.8 Å². The molecule has 1 saturated heterocycles. The fourth-order valence-electron chi connectivity index (χ4n) is 2.84. The Bertz CT molecular complexity index is 591. The lowest BCUT2D eigenvalue weighted by atomic mass is 9.98. The van der Waals surface area contributed by atoms with Gasteiger partial charge in [-0.25, -0.2) is 0 Å². The van der Waals surface area contributed by atoms with Crippen molar-refractivity contribution in [2.24, 2.45) is 0 Å². The van der Waals surface area contributed by atoms with E-state index in [9.17, 15) is 4.79 Å². The van der Waals surface area contributed by atoms with Crippen LogP contribution in [0.4, 0.5) is 0 Å². The lowest BCUT2D eigenvalue weighted by Gasteiger charge is -2.21. The van der Waals surface area contributed by atoms with Gasteiger partial charge in [-0.15, -0.1) is 0 Å². The highest BCUT2D eigenvalue weighted by Gasteiger charge is 2.26. The normalized spacial score (nSPS) is 18.8. The van der Waals surface area contributed by atoms with Gasteiger partial charge in [0.05, 0.1) is 6.04 Å². The van der Waals surface area contributed by atoms with Gasteiger partial charge >= 0.3 is 0 Å². The predicted molar refractivity (Wildman–Crippen MR) is 86.4 cm³/mol. The van der Waals surface area contributed by atoms with Crippen LogP contribution in [-0.4, -0.2) is 18.6 Å². The lowest BCUT2D eigenvalue weighted by Crippen LogP contribution is -2.37. The number of hydrogen-bond acceptors (Lipinski definition) is 2. The van der Waals surface area contributed by atoms with E-state index in [2.05, 4.69) is 29.6 Å². The molecule has 1 aliphatic rings. The maximum absolute atomic E-state index is 12.4. The molecule has 1 aliphatic heterocycles. The molecule has 22 heavy (non-hydrogen) atoms. The Morgan fingerprint density at radius 3 is 2.41 bits per heavy atom. The molecule has 1 amide bonds. The van der Waals surface area contributed by atoms with Crippen LogP contribution < -0.4 is 5.32 Å². The molecule has 2 atom stereocenters. The van der Waals surface area contributed by atoms with Crippen molar-refractivity contribution in [3.8, 4) is 0 Å². The zero-order valence-electron chi connectivity index (χ0n) is 12.6. The molecule has 3 rings (SSSR count). The highest BCUT2D eigenvalue weighted by Crippen LogP contribution is 2.20. The van der Waals surface area contributed by atoms with Crippen LogP contribution in [0.1, 0.15) is 30.0 Å². The number of amides is 1. The van der Waals surface area contributed by atoms with E-state index in [1.807, 2.05) is 36.4 Å². The quantitative estimate of drug-likeness (QED) is 0.919. The fourth-order valence-corrected chi connectivity index (χ4v) is 2.84. The highest BCUT2D eigenvalue weighted by atomic mass is 16.5. The van der Waals surface area contributed by atoms with Crippen molar-refractivity contribution in [3.63, 3.8) is 0 Å². The van der Waals surface area contributed by atoms with E-state index < -0.39 is 0 Å². The van der Waals surface area contributed by atoms with Crippen molar-refractivity contribution in [1.29, 1.82) is 0 Å². The monoisotopic (exact) mass is 295 g/mol. The summed E-state index contributed by atoms with van der Waals surface area (Å²) in [6.07, 6.45) is 2.27. The van der Waals surface area contributed by atoms with Crippen LogP contribution in [0.25, 0.3) is 0 Å². The number of carbonyl (C=O) groups excluding carboxylic acids is 1. The molecule has 0 radical (unpaired) electrons. The molecule has 1 fully saturated rings. The first kappa shape index (κ1) is 14.8. The molecule has 114 valence electrons. The number of rotatable bonds is 5. The fraction of sp³-hybridized carbons (Fsp3) is 0.316. The van der Waals surface area contributed by atoms with Gasteiger partial charge in [-0.3, -0.25) is 4.79 Å². The summed E-state index contributed by atoms with van der Waals surface area (Å²) >= 11 is 0. The summed E-state index contributed by atoms with van der Waals surface area (Å²) in [5.41, 5.74) is 2.33. The third-order valence-electron chi connectivity index (χ3n) is 4.02. The first-order valence-electron chi connectivity index (χ1n) is 7.84. The van der Waals surface area contributed by atoms with Gasteiger partial charge in [0.1, 0.15) is 6.10 Å². The van der Waals surface area contributed by atoms with Crippen LogP contribution >= 0.6 is 0 Å². The van der Waals surface area contributed by atoms with Gasteiger partial charge < -0.3 is 10.1 Å². The third-order valence-corrected chi connectivity index (χ3v) is 4.02. The van der Waals surface area contributed by atoms with Crippen molar-refractivity contribution in [1.82, 2.24) is 5.32 Å². The van der Waals surface area contributed by atoms with Gasteiger partial charge in [0.15, 0.2) is 0 Å². The minimum atomic E-state index is -0.290. The molecule has 0 unspecified atom stereocenters. The van der Waals surface area contributed by atoms with Crippen molar-refractivity contribution >= 4 is 5.91 Å². The molecular weight excluding hydrogens is 274 g/mol. The standard InChI is InChI=1S/C19H21NO2/c21-19(18-12-7-13-22-18)20-17(16-10-5-2-6-11-16)14-15-8-3-1-4-9-15/h1-6,8-11,17-18H,7,12-14H2,(H,20,21)/t17-,18+/m1/s1. The molecule has 0 bridgehead atoms. The first-order chi connectivity index (χ1) is 10.8. The van der Waals surface area contributed by atoms with E-state index in [0.29, 0.717) is 6.61 Å². The van der Waals surface area contributed by atoms with Crippen molar-refractivity contribution < 1.29 is 9.53 Å². The number of carbonyl (C=O) groups is 1. The number of benzene rings is 2. The van der Waals surface area contributed by atoms with Crippen LogP contribution in [0.3, 0.4) is 0 Å². The number of hydrogen-bond donors (Lipinski definition) is 1. The molecule has 3 nitrogen and oxygen atoms in total. The summed E-state index contributed by atoms with van der Waals surface area (Å²) in [5, 5.41) is 3.16. The van der Waals surface area contributed by atoms with Crippen LogP contribution in [0.2, 0.25) is 0 Å². The summed E-state index contributed by atoms with van der Waals surface area (Å²) < 4.78 is 5.49. The summed E-state index contributed by atoms with van der Waals surface area (Å²) in [7, 11) is 0. The Morgan fingerprint density at radius 2 is 1.77 bits per heavy atom. The lowest BCUT2D eigenvalue weighted by molar-refractivity contribution is -0.130. The van der Waals surface area contributed by atoms with E-state index in [-0.39, 0.29) is 18.1 Å². The maximum Gasteiger partial charge on any atom is 0.249 e. The summed E-state index contributed by atoms with van der Waals surface area (Å²) in [4.78, 5) is 12.4. The molecule has 0 aromatic heterocycles. The molecule has 1 heterocycles. The predicted octanol–water partition coefficient (Wildman–Crippen LogP) is 3.27. The largest absolute Gasteiger partial charge is 0.368 e. The third kappa shape index (κ3) is 3.74. The highest BCUT2D eigenvalue weighted by molar-refractivity contribution is 5.81. The van der Waals surface area contributed by atoms with Crippen LogP contribution in [-0.2, 0) is 16.0 Å². The Balaban J connectivity index is 1.75. The molecule has 3 heteroatoms. The van der Waals surface area contributed by atoms with Gasteiger partial charge in [0.2, 0.25) is 5.91 Å². The number of ether oxygens (including phenoxy) is 1. The average molecular weight is 295 g/mol. The molecule has 0 aliphatic carbocycles. The van der Waals surface area contributed by atoms with Gasteiger partial charge in [-0.05, 0) is 30.4 Å².